The summed E-state index contributed by atoms with van der Waals surface area (Å²) in [6, 6.07) is 11.6. The Morgan fingerprint density at radius 1 is 1.21 bits per heavy atom. The van der Waals surface area contributed by atoms with Gasteiger partial charge < -0.3 is 4.74 Å². The van der Waals surface area contributed by atoms with E-state index in [2.05, 4.69) is 15.9 Å². The first-order valence-electron chi connectivity index (χ1n) is 6.03. The zero-order chi connectivity index (χ0) is 14.0. The van der Waals surface area contributed by atoms with E-state index in [-0.39, 0.29) is 6.09 Å². The second kappa shape index (κ2) is 5.21. The Balaban J connectivity index is 2.40. The molecule has 0 aliphatic carbocycles. The highest BCUT2D eigenvalue weighted by molar-refractivity contribution is 9.10. The van der Waals surface area contributed by atoms with Gasteiger partial charge in [0.15, 0.2) is 0 Å². The van der Waals surface area contributed by atoms with Crippen molar-refractivity contribution < 1.29 is 9.53 Å². The SMILES string of the molecule is CC(C)(C)OC(=O)n1cc(Br)cc1-c1ccccc1. The molecule has 0 atom stereocenters. The minimum atomic E-state index is -0.512. The van der Waals surface area contributed by atoms with Crippen molar-refractivity contribution in [3.05, 3.63) is 47.1 Å². The van der Waals surface area contributed by atoms with Gasteiger partial charge in [0.25, 0.3) is 0 Å². The number of carbonyl (C=O) groups is 1. The van der Waals surface area contributed by atoms with Crippen molar-refractivity contribution in [2.45, 2.75) is 26.4 Å². The van der Waals surface area contributed by atoms with Gasteiger partial charge in [-0.15, -0.1) is 0 Å². The van der Waals surface area contributed by atoms with Crippen molar-refractivity contribution >= 4 is 22.0 Å². The van der Waals surface area contributed by atoms with Crippen LogP contribution < -0.4 is 0 Å². The van der Waals surface area contributed by atoms with Crippen LogP contribution in [0.3, 0.4) is 0 Å². The summed E-state index contributed by atoms with van der Waals surface area (Å²) in [7, 11) is 0. The van der Waals surface area contributed by atoms with Gasteiger partial charge in [0.1, 0.15) is 5.60 Å². The van der Waals surface area contributed by atoms with Gasteiger partial charge in [-0.3, -0.25) is 4.57 Å². The zero-order valence-electron chi connectivity index (χ0n) is 11.2. The smallest absolute Gasteiger partial charge is 0.419 e. The average Bonchev–Trinajstić information content (AvgIpc) is 2.70. The molecule has 0 radical (unpaired) electrons. The molecular weight excluding hydrogens is 306 g/mol. The molecule has 3 nitrogen and oxygen atoms in total. The highest BCUT2D eigenvalue weighted by atomic mass is 79.9. The maximum Gasteiger partial charge on any atom is 0.419 e. The lowest BCUT2D eigenvalue weighted by Gasteiger charge is -2.20. The molecule has 0 saturated carbocycles. The maximum atomic E-state index is 12.2. The van der Waals surface area contributed by atoms with Crippen LogP contribution in [0.15, 0.2) is 47.1 Å². The molecule has 0 bridgehead atoms. The van der Waals surface area contributed by atoms with Gasteiger partial charge in [0.2, 0.25) is 0 Å². The maximum absolute atomic E-state index is 12.2. The van der Waals surface area contributed by atoms with E-state index in [1.807, 2.05) is 57.2 Å². The first-order chi connectivity index (χ1) is 8.87. The fourth-order valence-corrected chi connectivity index (χ4v) is 2.15. The second-order valence-corrected chi connectivity index (χ2v) is 6.18. The lowest BCUT2D eigenvalue weighted by molar-refractivity contribution is 0.0540. The van der Waals surface area contributed by atoms with Crippen LogP contribution in [0.1, 0.15) is 20.8 Å². The number of hydrogen-bond acceptors (Lipinski definition) is 2. The number of benzene rings is 1. The van der Waals surface area contributed by atoms with Gasteiger partial charge in [-0.2, -0.15) is 0 Å². The van der Waals surface area contributed by atoms with E-state index < -0.39 is 5.60 Å². The van der Waals surface area contributed by atoms with Gasteiger partial charge in [0, 0.05) is 10.7 Å². The zero-order valence-corrected chi connectivity index (χ0v) is 12.8. The molecule has 0 saturated heterocycles. The van der Waals surface area contributed by atoms with Crippen molar-refractivity contribution in [2.75, 3.05) is 0 Å². The van der Waals surface area contributed by atoms with E-state index in [1.54, 1.807) is 6.20 Å². The molecule has 1 heterocycles. The highest BCUT2D eigenvalue weighted by Gasteiger charge is 2.20. The summed E-state index contributed by atoms with van der Waals surface area (Å²) in [5, 5.41) is 0. The number of nitrogens with zero attached hydrogens (tertiary/aromatic N) is 1. The molecule has 4 heteroatoms. The normalized spacial score (nSPS) is 11.4. The van der Waals surface area contributed by atoms with E-state index in [1.165, 1.54) is 4.57 Å². The highest BCUT2D eigenvalue weighted by Crippen LogP contribution is 2.26. The summed E-state index contributed by atoms with van der Waals surface area (Å²) in [5.74, 6) is 0. The molecule has 0 aliphatic rings. The van der Waals surface area contributed by atoms with Crippen LogP contribution in [0.2, 0.25) is 0 Å². The van der Waals surface area contributed by atoms with Crippen LogP contribution in [0.5, 0.6) is 0 Å². The molecule has 0 N–H and O–H groups in total. The van der Waals surface area contributed by atoms with Gasteiger partial charge in [-0.1, -0.05) is 30.3 Å². The molecule has 2 aromatic rings. The van der Waals surface area contributed by atoms with Crippen LogP contribution in [-0.4, -0.2) is 16.3 Å². The number of rotatable bonds is 1. The summed E-state index contributed by atoms with van der Waals surface area (Å²) in [4.78, 5) is 12.2. The number of halogens is 1. The molecule has 0 spiro atoms. The summed E-state index contributed by atoms with van der Waals surface area (Å²) < 4.78 is 7.77. The van der Waals surface area contributed by atoms with Crippen LogP contribution in [-0.2, 0) is 4.74 Å². The molecule has 100 valence electrons. The number of ether oxygens (including phenoxy) is 1. The predicted octanol–water partition coefficient (Wildman–Crippen LogP) is 4.70. The topological polar surface area (TPSA) is 31.2 Å². The van der Waals surface area contributed by atoms with E-state index in [9.17, 15) is 4.79 Å². The van der Waals surface area contributed by atoms with E-state index in [4.69, 9.17) is 4.74 Å². The second-order valence-electron chi connectivity index (χ2n) is 5.26. The standard InChI is InChI=1S/C15H16BrNO2/c1-15(2,3)19-14(18)17-10-12(16)9-13(17)11-7-5-4-6-8-11/h4-10H,1-3H3. The summed E-state index contributed by atoms with van der Waals surface area (Å²) in [5.41, 5.74) is 1.27. The Bertz CT molecular complexity index is 582. The van der Waals surface area contributed by atoms with Gasteiger partial charge in [-0.25, -0.2) is 4.79 Å². The Morgan fingerprint density at radius 2 is 1.84 bits per heavy atom. The van der Waals surface area contributed by atoms with Crippen molar-refractivity contribution in [3.63, 3.8) is 0 Å². The largest absolute Gasteiger partial charge is 0.443 e. The third-order valence-electron chi connectivity index (χ3n) is 2.45. The minimum absolute atomic E-state index is 0.378. The molecule has 1 aromatic carbocycles. The van der Waals surface area contributed by atoms with Gasteiger partial charge >= 0.3 is 6.09 Å². The Morgan fingerprint density at radius 3 is 2.42 bits per heavy atom. The van der Waals surface area contributed by atoms with Gasteiger partial charge in [-0.05, 0) is 48.3 Å². The Labute approximate surface area is 121 Å². The lowest BCUT2D eigenvalue weighted by atomic mass is 10.1. The number of aromatic nitrogens is 1. The van der Waals surface area contributed by atoms with Crippen LogP contribution in [0.25, 0.3) is 11.3 Å². The molecule has 2 rings (SSSR count). The molecule has 0 fully saturated rings. The summed E-state index contributed by atoms with van der Waals surface area (Å²) in [6.07, 6.45) is 1.34. The lowest BCUT2D eigenvalue weighted by Crippen LogP contribution is -2.27. The third kappa shape index (κ3) is 3.47. The number of hydrogen-bond donors (Lipinski definition) is 0. The molecule has 0 unspecified atom stereocenters. The third-order valence-corrected chi connectivity index (χ3v) is 2.88. The summed E-state index contributed by atoms with van der Waals surface area (Å²) in [6.45, 7) is 5.56. The average molecular weight is 322 g/mol. The molecule has 1 aromatic heterocycles. The van der Waals surface area contributed by atoms with Crippen LogP contribution in [0, 0.1) is 0 Å². The number of carbonyl (C=O) groups excluding carboxylic acids is 1. The van der Waals surface area contributed by atoms with Crippen molar-refractivity contribution in [3.8, 4) is 11.3 Å². The monoisotopic (exact) mass is 321 g/mol. The van der Waals surface area contributed by atoms with Crippen molar-refractivity contribution in [1.82, 2.24) is 4.57 Å². The van der Waals surface area contributed by atoms with E-state index >= 15 is 0 Å². The predicted molar refractivity (Wildman–Crippen MR) is 79.2 cm³/mol. The molecule has 19 heavy (non-hydrogen) atoms. The quantitative estimate of drug-likeness (QED) is 0.762. The molecule has 0 aliphatic heterocycles. The van der Waals surface area contributed by atoms with Crippen LogP contribution in [0.4, 0.5) is 4.79 Å². The fraction of sp³-hybridized carbons (Fsp3) is 0.267. The molecule has 0 amide bonds. The Kier molecular flexibility index (Phi) is 3.80. The first-order valence-corrected chi connectivity index (χ1v) is 6.83. The van der Waals surface area contributed by atoms with E-state index in [0.29, 0.717) is 0 Å². The minimum Gasteiger partial charge on any atom is -0.443 e. The summed E-state index contributed by atoms with van der Waals surface area (Å²) >= 11 is 3.40. The Hall–Kier alpha value is -1.55. The molecular formula is C15H16BrNO2. The van der Waals surface area contributed by atoms with Crippen molar-refractivity contribution in [2.24, 2.45) is 0 Å². The van der Waals surface area contributed by atoms with E-state index in [0.717, 1.165) is 15.7 Å². The van der Waals surface area contributed by atoms with Crippen LogP contribution >= 0.6 is 15.9 Å². The first kappa shape index (κ1) is 13.9. The fourth-order valence-electron chi connectivity index (χ4n) is 1.72. The van der Waals surface area contributed by atoms with Gasteiger partial charge in [0.05, 0.1) is 5.69 Å². The van der Waals surface area contributed by atoms with Crippen molar-refractivity contribution in [1.29, 1.82) is 0 Å².